The van der Waals surface area contributed by atoms with Gasteiger partial charge in [0.15, 0.2) is 5.69 Å². The summed E-state index contributed by atoms with van der Waals surface area (Å²) in [5.41, 5.74) is 0.364. The molecule has 3 rings (SSSR count). The molecule has 1 saturated heterocycles. The van der Waals surface area contributed by atoms with Gasteiger partial charge in [-0.25, -0.2) is 0 Å². The first kappa shape index (κ1) is 15.0. The summed E-state index contributed by atoms with van der Waals surface area (Å²) < 4.78 is 1.68. The molecule has 1 aliphatic rings. The van der Waals surface area contributed by atoms with E-state index in [4.69, 9.17) is 11.6 Å². The van der Waals surface area contributed by atoms with Gasteiger partial charge >= 0.3 is 0 Å². The summed E-state index contributed by atoms with van der Waals surface area (Å²) in [4.78, 5) is 27.0. The molecule has 1 amide bonds. The number of rotatable bonds is 2. The van der Waals surface area contributed by atoms with Gasteiger partial charge in [0.25, 0.3) is 5.91 Å². The van der Waals surface area contributed by atoms with Crippen molar-refractivity contribution in [1.82, 2.24) is 14.7 Å². The average Bonchev–Trinajstić information content (AvgIpc) is 2.56. The summed E-state index contributed by atoms with van der Waals surface area (Å²) >= 11 is 6.00. The first-order chi connectivity index (χ1) is 10.6. The average molecular weight is 320 g/mol. The van der Waals surface area contributed by atoms with Gasteiger partial charge in [-0.15, -0.1) is 0 Å². The van der Waals surface area contributed by atoms with E-state index >= 15 is 0 Å². The highest BCUT2D eigenvalue weighted by Gasteiger charge is 2.24. The predicted octanol–water partition coefficient (Wildman–Crippen LogP) is 2.70. The molecular weight excluding hydrogens is 302 g/mol. The predicted molar refractivity (Wildman–Crippen MR) is 86.4 cm³/mol. The lowest BCUT2D eigenvalue weighted by molar-refractivity contribution is 0.0714. The normalized spacial score (nSPS) is 15.3. The Kier molecular flexibility index (Phi) is 4.16. The number of halogens is 1. The maximum absolute atomic E-state index is 12.7. The van der Waals surface area contributed by atoms with Gasteiger partial charge in [0.1, 0.15) is 0 Å². The van der Waals surface area contributed by atoms with E-state index in [0.717, 1.165) is 19.3 Å². The number of fused-ring (bicyclic) bond motifs is 1. The van der Waals surface area contributed by atoms with Crippen LogP contribution in [0.15, 0.2) is 23.0 Å². The number of benzene rings is 1. The Morgan fingerprint density at radius 2 is 2.00 bits per heavy atom. The number of likely N-dealkylation sites (tertiary alicyclic amines) is 1. The molecule has 5 nitrogen and oxygen atoms in total. The minimum atomic E-state index is -0.335. The van der Waals surface area contributed by atoms with Crippen molar-refractivity contribution in [3.05, 3.63) is 39.1 Å². The van der Waals surface area contributed by atoms with Gasteiger partial charge in [-0.1, -0.05) is 11.6 Å². The molecule has 116 valence electrons. The molecule has 0 spiro atoms. The molecule has 0 N–H and O–H groups in total. The summed E-state index contributed by atoms with van der Waals surface area (Å²) in [5.74, 6) is -0.270. The zero-order valence-electron chi connectivity index (χ0n) is 12.5. The molecule has 0 radical (unpaired) electrons. The van der Waals surface area contributed by atoms with E-state index in [2.05, 4.69) is 5.10 Å². The van der Waals surface area contributed by atoms with Crippen LogP contribution in [-0.2, 0) is 6.54 Å². The largest absolute Gasteiger partial charge is 0.337 e. The van der Waals surface area contributed by atoms with Gasteiger partial charge in [-0.05, 0) is 44.4 Å². The van der Waals surface area contributed by atoms with E-state index in [-0.39, 0.29) is 17.0 Å². The van der Waals surface area contributed by atoms with Gasteiger partial charge in [0, 0.05) is 24.7 Å². The quantitative estimate of drug-likeness (QED) is 0.855. The van der Waals surface area contributed by atoms with Crippen LogP contribution in [-0.4, -0.2) is 33.7 Å². The zero-order valence-corrected chi connectivity index (χ0v) is 13.3. The van der Waals surface area contributed by atoms with E-state index in [0.29, 0.717) is 35.6 Å². The lowest BCUT2D eigenvalue weighted by Gasteiger charge is -2.26. The van der Waals surface area contributed by atoms with Gasteiger partial charge in [-0.2, -0.15) is 5.10 Å². The molecule has 1 fully saturated rings. The smallest absolute Gasteiger partial charge is 0.278 e. The molecule has 0 bridgehead atoms. The van der Waals surface area contributed by atoms with Crippen molar-refractivity contribution in [2.45, 2.75) is 32.7 Å². The number of carbonyl (C=O) groups excluding carboxylic acids is 1. The Morgan fingerprint density at radius 1 is 1.27 bits per heavy atom. The number of piperidine rings is 1. The second-order valence-electron chi connectivity index (χ2n) is 5.51. The Bertz CT molecular complexity index is 779. The van der Waals surface area contributed by atoms with Crippen LogP contribution in [0.3, 0.4) is 0 Å². The monoisotopic (exact) mass is 319 g/mol. The molecule has 0 unspecified atom stereocenters. The highest BCUT2D eigenvalue weighted by Crippen LogP contribution is 2.17. The summed E-state index contributed by atoms with van der Waals surface area (Å²) in [6.07, 6.45) is 3.09. The third kappa shape index (κ3) is 2.61. The van der Waals surface area contributed by atoms with Crippen molar-refractivity contribution >= 4 is 28.4 Å². The van der Waals surface area contributed by atoms with Crippen molar-refractivity contribution in [3.8, 4) is 0 Å². The minimum Gasteiger partial charge on any atom is -0.337 e. The number of carbonyl (C=O) groups is 1. The van der Waals surface area contributed by atoms with E-state index in [1.165, 1.54) is 0 Å². The lowest BCUT2D eigenvalue weighted by atomic mass is 10.1. The highest BCUT2D eigenvalue weighted by molar-refractivity contribution is 6.31. The number of amides is 1. The molecule has 1 aliphatic heterocycles. The molecule has 0 aliphatic carbocycles. The first-order valence-corrected chi connectivity index (χ1v) is 7.99. The Morgan fingerprint density at radius 3 is 2.68 bits per heavy atom. The standard InChI is InChI=1S/C16H18ClN3O2/c1-2-20-13-7-6-11(17)10-12(13)15(21)14(18-20)16(22)19-8-4-3-5-9-19/h6-7,10H,2-5,8-9H2,1H3. The summed E-state index contributed by atoms with van der Waals surface area (Å²) in [5, 5.41) is 5.22. The van der Waals surface area contributed by atoms with Crippen LogP contribution in [0.4, 0.5) is 0 Å². The van der Waals surface area contributed by atoms with Crippen molar-refractivity contribution in [3.63, 3.8) is 0 Å². The van der Waals surface area contributed by atoms with Gasteiger partial charge in [-0.3, -0.25) is 14.3 Å². The first-order valence-electron chi connectivity index (χ1n) is 7.61. The maximum Gasteiger partial charge on any atom is 0.278 e. The summed E-state index contributed by atoms with van der Waals surface area (Å²) in [6.45, 7) is 3.90. The van der Waals surface area contributed by atoms with E-state index < -0.39 is 0 Å². The van der Waals surface area contributed by atoms with Crippen LogP contribution in [0, 0.1) is 0 Å². The molecule has 1 aromatic carbocycles. The fourth-order valence-corrected chi connectivity index (χ4v) is 3.06. The van der Waals surface area contributed by atoms with E-state index in [1.807, 2.05) is 6.92 Å². The number of hydrogen-bond donors (Lipinski definition) is 0. The fraction of sp³-hybridized carbons (Fsp3) is 0.438. The highest BCUT2D eigenvalue weighted by atomic mass is 35.5. The number of nitrogens with zero attached hydrogens (tertiary/aromatic N) is 3. The van der Waals surface area contributed by atoms with Crippen LogP contribution < -0.4 is 5.43 Å². The Labute approximate surface area is 133 Å². The molecule has 22 heavy (non-hydrogen) atoms. The second kappa shape index (κ2) is 6.08. The van der Waals surface area contributed by atoms with Gasteiger partial charge < -0.3 is 4.90 Å². The van der Waals surface area contributed by atoms with E-state index in [9.17, 15) is 9.59 Å². The topological polar surface area (TPSA) is 55.2 Å². The van der Waals surface area contributed by atoms with E-state index in [1.54, 1.807) is 27.8 Å². The second-order valence-corrected chi connectivity index (χ2v) is 5.94. The third-order valence-electron chi connectivity index (χ3n) is 4.06. The lowest BCUT2D eigenvalue weighted by Crippen LogP contribution is -2.39. The van der Waals surface area contributed by atoms with Crippen LogP contribution in [0.2, 0.25) is 5.02 Å². The molecule has 2 aromatic rings. The van der Waals surface area contributed by atoms with Gasteiger partial charge in [0.05, 0.1) is 10.9 Å². The summed E-state index contributed by atoms with van der Waals surface area (Å²) in [6, 6.07) is 5.11. The van der Waals surface area contributed by atoms with Gasteiger partial charge in [0.2, 0.25) is 5.43 Å². The molecule has 6 heteroatoms. The number of aryl methyl sites for hydroxylation is 1. The Balaban J connectivity index is 2.15. The number of hydrogen-bond acceptors (Lipinski definition) is 3. The van der Waals surface area contributed by atoms with Crippen LogP contribution >= 0.6 is 11.6 Å². The third-order valence-corrected chi connectivity index (χ3v) is 4.30. The fourth-order valence-electron chi connectivity index (χ4n) is 2.89. The Hall–Kier alpha value is -1.88. The van der Waals surface area contributed by atoms with Crippen molar-refractivity contribution in [1.29, 1.82) is 0 Å². The maximum atomic E-state index is 12.7. The summed E-state index contributed by atoms with van der Waals surface area (Å²) in [7, 11) is 0. The van der Waals surface area contributed by atoms with Crippen molar-refractivity contribution in [2.24, 2.45) is 0 Å². The molecule has 1 aromatic heterocycles. The van der Waals surface area contributed by atoms with Crippen LogP contribution in [0.25, 0.3) is 10.9 Å². The van der Waals surface area contributed by atoms with Crippen LogP contribution in [0.1, 0.15) is 36.7 Å². The SMILES string of the molecule is CCn1nc(C(=O)N2CCCCC2)c(=O)c2cc(Cl)ccc21. The van der Waals surface area contributed by atoms with Crippen molar-refractivity contribution in [2.75, 3.05) is 13.1 Å². The zero-order chi connectivity index (χ0) is 15.7. The molecule has 2 heterocycles. The molecule has 0 saturated carbocycles. The molecule has 0 atom stereocenters. The minimum absolute atomic E-state index is 0.00137. The molecular formula is C16H18ClN3O2. The number of aromatic nitrogens is 2. The van der Waals surface area contributed by atoms with Crippen LogP contribution in [0.5, 0.6) is 0 Å². The van der Waals surface area contributed by atoms with Crippen molar-refractivity contribution < 1.29 is 4.79 Å².